The van der Waals surface area contributed by atoms with E-state index < -0.39 is 5.97 Å². The Bertz CT molecular complexity index is 318. The van der Waals surface area contributed by atoms with Crippen molar-refractivity contribution in [2.45, 2.75) is 6.92 Å². The van der Waals surface area contributed by atoms with E-state index >= 15 is 0 Å². The van der Waals surface area contributed by atoms with Crippen LogP contribution in [0.25, 0.3) is 0 Å². The number of hydrogen-bond acceptors (Lipinski definition) is 3. The Balaban J connectivity index is 3.20. The van der Waals surface area contributed by atoms with Gasteiger partial charge in [0.25, 0.3) is 0 Å². The number of ether oxygens (including phenoxy) is 2. The molecule has 0 aliphatic heterocycles. The maximum atomic E-state index is 11.2. The zero-order chi connectivity index (χ0) is 9.84. The molecule has 0 saturated heterocycles. The lowest BCUT2D eigenvalue weighted by Crippen LogP contribution is -2.04. The molecule has 1 aromatic rings. The zero-order valence-electron chi connectivity index (χ0n) is 7.88. The first-order chi connectivity index (χ1) is 6.20. The van der Waals surface area contributed by atoms with Crippen molar-refractivity contribution in [3.05, 3.63) is 29.3 Å². The molecule has 0 saturated carbocycles. The Kier molecular flexibility index (Phi) is 2.90. The van der Waals surface area contributed by atoms with Crippen LogP contribution in [0.3, 0.4) is 0 Å². The Morgan fingerprint density at radius 3 is 2.62 bits per heavy atom. The van der Waals surface area contributed by atoms with Crippen molar-refractivity contribution in [3.63, 3.8) is 0 Å². The number of rotatable bonds is 2. The van der Waals surface area contributed by atoms with Gasteiger partial charge in [0, 0.05) is 0 Å². The number of carbonyl (C=O) groups is 1. The summed E-state index contributed by atoms with van der Waals surface area (Å²) in [5, 5.41) is 0. The number of hydrogen-bond donors (Lipinski definition) is 0. The fourth-order valence-electron chi connectivity index (χ4n) is 1.13. The van der Waals surface area contributed by atoms with Crippen LogP contribution in [0, 0.1) is 13.0 Å². The molecule has 3 heteroatoms. The van der Waals surface area contributed by atoms with Crippen molar-refractivity contribution >= 4 is 5.97 Å². The molecule has 0 N–H and O–H groups in total. The van der Waals surface area contributed by atoms with Crippen LogP contribution in [-0.4, -0.2) is 20.2 Å². The van der Waals surface area contributed by atoms with Gasteiger partial charge in [-0.05, 0) is 30.7 Å². The summed E-state index contributed by atoms with van der Waals surface area (Å²) in [6, 6.07) is 6.15. The van der Waals surface area contributed by atoms with E-state index in [0.29, 0.717) is 11.3 Å². The van der Waals surface area contributed by atoms with Crippen LogP contribution in [0.4, 0.5) is 0 Å². The summed E-state index contributed by atoms with van der Waals surface area (Å²) in [4.78, 5) is 11.2. The molecule has 0 heterocycles. The molecule has 0 amide bonds. The first kappa shape index (κ1) is 9.58. The van der Waals surface area contributed by atoms with E-state index in [0.717, 1.165) is 5.56 Å². The van der Waals surface area contributed by atoms with Crippen LogP contribution >= 0.6 is 0 Å². The van der Waals surface area contributed by atoms with Gasteiger partial charge in [0.1, 0.15) is 11.3 Å². The van der Waals surface area contributed by atoms with E-state index in [-0.39, 0.29) is 0 Å². The summed E-state index contributed by atoms with van der Waals surface area (Å²) in [5.41, 5.74) is 1.27. The van der Waals surface area contributed by atoms with Gasteiger partial charge in [0.2, 0.25) is 0 Å². The van der Waals surface area contributed by atoms with Gasteiger partial charge in [-0.25, -0.2) is 4.79 Å². The summed E-state index contributed by atoms with van der Waals surface area (Å²) in [6.45, 7) is 1.85. The van der Waals surface area contributed by atoms with Crippen LogP contribution < -0.4 is 4.74 Å². The van der Waals surface area contributed by atoms with Crippen molar-refractivity contribution < 1.29 is 14.3 Å². The first-order valence-corrected chi connectivity index (χ1v) is 3.83. The van der Waals surface area contributed by atoms with Gasteiger partial charge in [-0.3, -0.25) is 0 Å². The molecular weight excluding hydrogens is 168 g/mol. The molecule has 0 fully saturated rings. The molecule has 0 atom stereocenters. The minimum Gasteiger partial charge on any atom is -0.496 e. The normalized spacial score (nSPS) is 9.46. The van der Waals surface area contributed by atoms with Gasteiger partial charge in [-0.15, -0.1) is 0 Å². The van der Waals surface area contributed by atoms with Crippen LogP contribution in [0.1, 0.15) is 15.9 Å². The maximum absolute atomic E-state index is 11.2. The highest BCUT2D eigenvalue weighted by atomic mass is 16.5. The molecule has 0 bridgehead atoms. The molecule has 13 heavy (non-hydrogen) atoms. The van der Waals surface area contributed by atoms with Crippen LogP contribution in [0.15, 0.2) is 12.1 Å². The molecule has 1 radical (unpaired) electrons. The van der Waals surface area contributed by atoms with E-state index in [2.05, 4.69) is 10.8 Å². The topological polar surface area (TPSA) is 35.5 Å². The third kappa shape index (κ3) is 1.80. The van der Waals surface area contributed by atoms with Gasteiger partial charge in [0.15, 0.2) is 0 Å². The minimum atomic E-state index is -0.406. The predicted molar refractivity (Wildman–Crippen MR) is 47.9 cm³/mol. The average Bonchev–Trinajstić information content (AvgIpc) is 2.16. The fraction of sp³-hybridized carbons (Fsp3) is 0.300. The standard InChI is InChI=1S/C10H11O3/c1-7-5-4-6-8(9(7)12-2)10(11)13-3/h5-6H,1-3H3. The number of esters is 1. The molecule has 0 aliphatic carbocycles. The van der Waals surface area contributed by atoms with E-state index in [9.17, 15) is 4.79 Å². The van der Waals surface area contributed by atoms with Crippen molar-refractivity contribution in [2.75, 3.05) is 14.2 Å². The largest absolute Gasteiger partial charge is 0.496 e. The second kappa shape index (κ2) is 3.94. The summed E-state index contributed by atoms with van der Waals surface area (Å²) in [7, 11) is 2.86. The number of carbonyl (C=O) groups excluding carboxylic acids is 1. The van der Waals surface area contributed by atoms with Gasteiger partial charge < -0.3 is 9.47 Å². The molecule has 1 rings (SSSR count). The number of methoxy groups -OCH3 is 2. The highest BCUT2D eigenvalue weighted by molar-refractivity contribution is 5.92. The molecule has 0 aliphatic rings. The van der Waals surface area contributed by atoms with Gasteiger partial charge in [-0.1, -0.05) is 0 Å². The van der Waals surface area contributed by atoms with E-state index in [1.807, 2.05) is 6.92 Å². The van der Waals surface area contributed by atoms with Crippen molar-refractivity contribution in [2.24, 2.45) is 0 Å². The van der Waals surface area contributed by atoms with Crippen molar-refractivity contribution in [1.29, 1.82) is 0 Å². The number of aryl methyl sites for hydroxylation is 1. The molecule has 3 nitrogen and oxygen atoms in total. The summed E-state index contributed by atoms with van der Waals surface area (Å²) < 4.78 is 9.67. The SMILES string of the molecule is COC(=O)c1c[c]cc(C)c1OC. The minimum absolute atomic E-state index is 0.406. The van der Waals surface area contributed by atoms with Gasteiger partial charge >= 0.3 is 5.97 Å². The van der Waals surface area contributed by atoms with E-state index in [1.54, 1.807) is 12.1 Å². The first-order valence-electron chi connectivity index (χ1n) is 3.83. The summed E-state index contributed by atoms with van der Waals surface area (Å²) in [5.74, 6) is 0.141. The van der Waals surface area contributed by atoms with Crippen molar-refractivity contribution in [3.8, 4) is 5.75 Å². The average molecular weight is 179 g/mol. The fourth-order valence-corrected chi connectivity index (χ4v) is 1.13. The molecular formula is C10H11O3. The van der Waals surface area contributed by atoms with Gasteiger partial charge in [-0.2, -0.15) is 0 Å². The molecule has 0 spiro atoms. The highest BCUT2D eigenvalue weighted by Crippen LogP contribution is 2.22. The van der Waals surface area contributed by atoms with Crippen LogP contribution in [0.2, 0.25) is 0 Å². The monoisotopic (exact) mass is 179 g/mol. The third-order valence-corrected chi connectivity index (χ3v) is 1.74. The Hall–Kier alpha value is -1.51. The predicted octanol–water partition coefficient (Wildman–Crippen LogP) is 1.59. The van der Waals surface area contributed by atoms with E-state index in [4.69, 9.17) is 4.74 Å². The molecule has 1 aromatic carbocycles. The maximum Gasteiger partial charge on any atom is 0.341 e. The van der Waals surface area contributed by atoms with Crippen LogP contribution in [-0.2, 0) is 4.74 Å². The lowest BCUT2D eigenvalue weighted by Gasteiger charge is -2.08. The second-order valence-corrected chi connectivity index (χ2v) is 2.58. The van der Waals surface area contributed by atoms with Crippen LogP contribution in [0.5, 0.6) is 5.75 Å². The Labute approximate surface area is 77.3 Å². The lowest BCUT2D eigenvalue weighted by atomic mass is 10.1. The van der Waals surface area contributed by atoms with Gasteiger partial charge in [0.05, 0.1) is 14.2 Å². The highest BCUT2D eigenvalue weighted by Gasteiger charge is 2.13. The van der Waals surface area contributed by atoms with E-state index in [1.165, 1.54) is 14.2 Å². The molecule has 0 unspecified atom stereocenters. The smallest absolute Gasteiger partial charge is 0.341 e. The summed E-state index contributed by atoms with van der Waals surface area (Å²) >= 11 is 0. The summed E-state index contributed by atoms with van der Waals surface area (Å²) in [6.07, 6.45) is 0. The second-order valence-electron chi connectivity index (χ2n) is 2.58. The quantitative estimate of drug-likeness (QED) is 0.647. The Morgan fingerprint density at radius 1 is 1.38 bits per heavy atom. The molecule has 69 valence electrons. The third-order valence-electron chi connectivity index (χ3n) is 1.74. The Morgan fingerprint density at radius 2 is 2.08 bits per heavy atom. The lowest BCUT2D eigenvalue weighted by molar-refractivity contribution is 0.0597. The van der Waals surface area contributed by atoms with Crippen molar-refractivity contribution in [1.82, 2.24) is 0 Å². The number of benzene rings is 1. The zero-order valence-corrected chi connectivity index (χ0v) is 7.88. The molecule has 0 aromatic heterocycles.